The van der Waals surface area contributed by atoms with Gasteiger partial charge in [0, 0.05) is 12.8 Å². The number of rotatable bonds is 4. The number of ether oxygens (including phenoxy) is 2. The fraction of sp³-hybridized carbons (Fsp3) is 0.375. The maximum Gasteiger partial charge on any atom is 0.189 e. The molecule has 1 radical (unpaired) electrons. The van der Waals surface area contributed by atoms with Crippen molar-refractivity contribution in [3.63, 3.8) is 0 Å². The SMILES string of the molecule is CCOCOc1[c]nccc1. The molecular weight excluding hydrogens is 142 g/mol. The molecule has 0 fully saturated rings. The summed E-state index contributed by atoms with van der Waals surface area (Å²) in [6.07, 6.45) is 4.32. The van der Waals surface area contributed by atoms with E-state index in [0.29, 0.717) is 12.4 Å². The van der Waals surface area contributed by atoms with Crippen LogP contribution >= 0.6 is 0 Å². The zero-order chi connectivity index (χ0) is 7.94. The van der Waals surface area contributed by atoms with Gasteiger partial charge in [0.2, 0.25) is 0 Å². The largest absolute Gasteiger partial charge is 0.465 e. The standard InChI is InChI=1S/C8H10NO2/c1-2-10-7-11-8-4-3-5-9-6-8/h3-5H,2,7H2,1H3. The van der Waals surface area contributed by atoms with Crippen molar-refractivity contribution in [3.05, 3.63) is 24.5 Å². The minimum absolute atomic E-state index is 0.263. The van der Waals surface area contributed by atoms with Crippen LogP contribution in [0.2, 0.25) is 0 Å². The maximum atomic E-state index is 5.11. The highest BCUT2D eigenvalue weighted by Gasteiger charge is 1.89. The third kappa shape index (κ3) is 3.00. The molecule has 59 valence electrons. The van der Waals surface area contributed by atoms with E-state index in [1.165, 1.54) is 0 Å². The van der Waals surface area contributed by atoms with Crippen LogP contribution in [0.25, 0.3) is 0 Å². The molecule has 11 heavy (non-hydrogen) atoms. The van der Waals surface area contributed by atoms with E-state index in [9.17, 15) is 0 Å². The summed E-state index contributed by atoms with van der Waals surface area (Å²) in [5, 5.41) is 0. The Morgan fingerprint density at radius 3 is 3.18 bits per heavy atom. The predicted octanol–water partition coefficient (Wildman–Crippen LogP) is 1.25. The molecule has 0 saturated heterocycles. The van der Waals surface area contributed by atoms with Crippen LogP contribution in [0, 0.1) is 6.20 Å². The van der Waals surface area contributed by atoms with Crippen LogP contribution in [0.1, 0.15) is 6.92 Å². The third-order valence-corrected chi connectivity index (χ3v) is 1.08. The lowest BCUT2D eigenvalue weighted by Crippen LogP contribution is -2.01. The van der Waals surface area contributed by atoms with E-state index >= 15 is 0 Å². The Bertz CT molecular complexity index is 189. The number of hydrogen-bond acceptors (Lipinski definition) is 3. The second-order valence-electron chi connectivity index (χ2n) is 1.87. The molecule has 0 N–H and O–H groups in total. The summed E-state index contributed by atoms with van der Waals surface area (Å²) in [6.45, 7) is 2.83. The van der Waals surface area contributed by atoms with Crippen LogP contribution in [-0.2, 0) is 4.74 Å². The van der Waals surface area contributed by atoms with Crippen molar-refractivity contribution in [2.24, 2.45) is 0 Å². The first kappa shape index (κ1) is 8.01. The molecule has 1 aromatic rings. The smallest absolute Gasteiger partial charge is 0.189 e. The molecule has 0 bridgehead atoms. The van der Waals surface area contributed by atoms with Crippen molar-refractivity contribution < 1.29 is 9.47 Å². The summed E-state index contributed by atoms with van der Waals surface area (Å²) in [7, 11) is 0. The molecule has 3 heteroatoms. The zero-order valence-electron chi connectivity index (χ0n) is 6.41. The summed E-state index contributed by atoms with van der Waals surface area (Å²) < 4.78 is 10.1. The van der Waals surface area contributed by atoms with Gasteiger partial charge in [-0.15, -0.1) is 0 Å². The van der Waals surface area contributed by atoms with Crippen LogP contribution < -0.4 is 4.74 Å². The average molecular weight is 152 g/mol. The van der Waals surface area contributed by atoms with Gasteiger partial charge in [0.25, 0.3) is 0 Å². The van der Waals surface area contributed by atoms with E-state index in [1.807, 2.05) is 6.92 Å². The van der Waals surface area contributed by atoms with E-state index in [2.05, 4.69) is 11.2 Å². The molecule has 1 rings (SSSR count). The minimum Gasteiger partial charge on any atom is -0.465 e. The maximum absolute atomic E-state index is 5.11. The number of nitrogens with zero attached hydrogens (tertiary/aromatic N) is 1. The van der Waals surface area contributed by atoms with E-state index < -0.39 is 0 Å². The van der Waals surface area contributed by atoms with Crippen molar-refractivity contribution in [1.82, 2.24) is 4.98 Å². The van der Waals surface area contributed by atoms with Crippen LogP contribution in [0.15, 0.2) is 18.3 Å². The molecule has 0 aliphatic heterocycles. The molecule has 0 aliphatic rings. The minimum atomic E-state index is 0.263. The summed E-state index contributed by atoms with van der Waals surface area (Å²) >= 11 is 0. The first-order valence-electron chi connectivity index (χ1n) is 3.46. The lowest BCUT2D eigenvalue weighted by molar-refractivity contribution is 0.0220. The highest BCUT2D eigenvalue weighted by molar-refractivity contribution is 5.13. The summed E-state index contributed by atoms with van der Waals surface area (Å²) in [5.41, 5.74) is 0. The lowest BCUT2D eigenvalue weighted by atomic mass is 10.5. The van der Waals surface area contributed by atoms with Gasteiger partial charge >= 0.3 is 0 Å². The van der Waals surface area contributed by atoms with Crippen molar-refractivity contribution >= 4 is 0 Å². The fourth-order valence-corrected chi connectivity index (χ4v) is 0.580. The van der Waals surface area contributed by atoms with Gasteiger partial charge < -0.3 is 9.47 Å². The Hall–Kier alpha value is -1.09. The molecule has 0 aliphatic carbocycles. The van der Waals surface area contributed by atoms with E-state index in [-0.39, 0.29) is 6.79 Å². The Balaban J connectivity index is 2.28. The fourth-order valence-electron chi connectivity index (χ4n) is 0.580. The average Bonchev–Trinajstić information content (AvgIpc) is 2.07. The Morgan fingerprint density at radius 1 is 1.64 bits per heavy atom. The van der Waals surface area contributed by atoms with Gasteiger partial charge in [-0.3, -0.25) is 4.98 Å². The van der Waals surface area contributed by atoms with E-state index in [0.717, 1.165) is 0 Å². The predicted molar refractivity (Wildman–Crippen MR) is 40.2 cm³/mol. The number of pyridine rings is 1. The molecule has 0 aromatic carbocycles. The van der Waals surface area contributed by atoms with Gasteiger partial charge in [0.05, 0.1) is 0 Å². The summed E-state index contributed by atoms with van der Waals surface area (Å²) in [5.74, 6) is 0.612. The van der Waals surface area contributed by atoms with Gasteiger partial charge in [-0.05, 0) is 19.1 Å². The first-order valence-corrected chi connectivity index (χ1v) is 3.46. The summed E-state index contributed by atoms with van der Waals surface area (Å²) in [4.78, 5) is 3.76. The number of hydrogen-bond donors (Lipinski definition) is 0. The van der Waals surface area contributed by atoms with Crippen LogP contribution in [0.4, 0.5) is 0 Å². The van der Waals surface area contributed by atoms with Crippen LogP contribution in [0.3, 0.4) is 0 Å². The molecule has 0 amide bonds. The first-order chi connectivity index (χ1) is 5.43. The highest BCUT2D eigenvalue weighted by Crippen LogP contribution is 2.04. The van der Waals surface area contributed by atoms with Gasteiger partial charge in [-0.1, -0.05) is 0 Å². The number of aromatic nitrogens is 1. The normalized spacial score (nSPS) is 9.55. The topological polar surface area (TPSA) is 31.4 Å². The molecular formula is C8H10NO2. The molecule has 0 atom stereocenters. The van der Waals surface area contributed by atoms with Gasteiger partial charge in [0.1, 0.15) is 6.20 Å². The van der Waals surface area contributed by atoms with Gasteiger partial charge in [0.15, 0.2) is 12.5 Å². The van der Waals surface area contributed by atoms with E-state index in [4.69, 9.17) is 9.47 Å². The lowest BCUT2D eigenvalue weighted by Gasteiger charge is -2.02. The highest BCUT2D eigenvalue weighted by atomic mass is 16.7. The zero-order valence-corrected chi connectivity index (χ0v) is 6.41. The second kappa shape index (κ2) is 4.68. The van der Waals surface area contributed by atoms with Crippen molar-refractivity contribution in [2.45, 2.75) is 6.92 Å². The van der Waals surface area contributed by atoms with Crippen LogP contribution in [0.5, 0.6) is 5.75 Å². The molecule has 0 saturated carbocycles. The monoisotopic (exact) mass is 152 g/mol. The Kier molecular flexibility index (Phi) is 3.41. The second-order valence-corrected chi connectivity index (χ2v) is 1.87. The molecule has 0 unspecified atom stereocenters. The van der Waals surface area contributed by atoms with Crippen molar-refractivity contribution in [2.75, 3.05) is 13.4 Å². The summed E-state index contributed by atoms with van der Waals surface area (Å²) in [6, 6.07) is 3.57. The van der Waals surface area contributed by atoms with E-state index in [1.54, 1.807) is 18.3 Å². The molecule has 1 heterocycles. The van der Waals surface area contributed by atoms with Crippen LogP contribution in [-0.4, -0.2) is 18.4 Å². The molecule has 3 nitrogen and oxygen atoms in total. The quantitative estimate of drug-likeness (QED) is 0.480. The Labute approximate surface area is 66.0 Å². The van der Waals surface area contributed by atoms with Crippen molar-refractivity contribution in [1.29, 1.82) is 0 Å². The Morgan fingerprint density at radius 2 is 2.55 bits per heavy atom. The van der Waals surface area contributed by atoms with Gasteiger partial charge in [-0.25, -0.2) is 0 Å². The van der Waals surface area contributed by atoms with Crippen molar-refractivity contribution in [3.8, 4) is 5.75 Å². The third-order valence-electron chi connectivity index (χ3n) is 1.08. The van der Waals surface area contributed by atoms with Gasteiger partial charge in [-0.2, -0.15) is 0 Å². The molecule has 1 aromatic heterocycles. The molecule has 0 spiro atoms.